The smallest absolute Gasteiger partial charge is 0.260 e. The van der Waals surface area contributed by atoms with Gasteiger partial charge in [0.25, 0.3) is 5.56 Å². The summed E-state index contributed by atoms with van der Waals surface area (Å²) in [6.07, 6.45) is 7.03. The van der Waals surface area contributed by atoms with Crippen LogP contribution in [0.4, 0.5) is 5.69 Å². The SMILES string of the molecule is O=c1[nH]c(CSC2CCOCC2)nc2cc(NC3CCCC3)cc(Cl)c12. The maximum Gasteiger partial charge on any atom is 0.260 e. The molecule has 0 unspecified atom stereocenters. The number of thioether (sulfide) groups is 1. The highest BCUT2D eigenvalue weighted by Gasteiger charge is 2.18. The number of fused-ring (bicyclic) bond motifs is 1. The van der Waals surface area contributed by atoms with Crippen LogP contribution in [0.2, 0.25) is 5.02 Å². The van der Waals surface area contributed by atoms with Crippen LogP contribution in [0.15, 0.2) is 16.9 Å². The quantitative estimate of drug-likeness (QED) is 0.790. The Labute approximate surface area is 162 Å². The summed E-state index contributed by atoms with van der Waals surface area (Å²) in [5.74, 6) is 1.42. The highest BCUT2D eigenvalue weighted by Crippen LogP contribution is 2.29. The van der Waals surface area contributed by atoms with Crippen molar-refractivity contribution in [3.05, 3.63) is 33.3 Å². The minimum atomic E-state index is -0.157. The third-order valence-corrected chi connectivity index (χ3v) is 6.84. The molecule has 2 aromatic rings. The zero-order valence-electron chi connectivity index (χ0n) is 14.7. The van der Waals surface area contributed by atoms with Gasteiger partial charge in [0.2, 0.25) is 0 Å². The van der Waals surface area contributed by atoms with E-state index in [1.165, 1.54) is 25.7 Å². The van der Waals surface area contributed by atoms with Crippen LogP contribution in [0.1, 0.15) is 44.3 Å². The number of aromatic amines is 1. The second-order valence-corrected chi connectivity index (χ2v) is 8.81. The molecule has 5 nitrogen and oxygen atoms in total. The van der Waals surface area contributed by atoms with Crippen molar-refractivity contribution in [1.29, 1.82) is 0 Å². The number of aromatic nitrogens is 2. The standard InChI is InChI=1S/C19H24ClN3O2S/c20-15-9-13(21-12-3-1-2-4-12)10-16-18(15)19(24)23-17(22-16)11-26-14-5-7-25-8-6-14/h9-10,12,14,21H,1-8,11H2,(H,22,23,24). The van der Waals surface area contributed by atoms with Crippen molar-refractivity contribution in [2.24, 2.45) is 0 Å². The van der Waals surface area contributed by atoms with Crippen molar-refractivity contribution in [2.75, 3.05) is 18.5 Å². The predicted molar refractivity (Wildman–Crippen MR) is 108 cm³/mol. The average molecular weight is 394 g/mol. The van der Waals surface area contributed by atoms with Crippen molar-refractivity contribution in [1.82, 2.24) is 9.97 Å². The molecule has 0 amide bonds. The molecule has 1 aromatic heterocycles. The fourth-order valence-electron chi connectivity index (χ4n) is 3.77. The van der Waals surface area contributed by atoms with Crippen molar-refractivity contribution in [3.8, 4) is 0 Å². The van der Waals surface area contributed by atoms with Crippen LogP contribution in [0.5, 0.6) is 0 Å². The second kappa shape index (κ2) is 8.19. The van der Waals surface area contributed by atoms with E-state index in [-0.39, 0.29) is 5.56 Å². The number of H-pyrrole nitrogens is 1. The minimum absolute atomic E-state index is 0.157. The highest BCUT2D eigenvalue weighted by molar-refractivity contribution is 7.99. The predicted octanol–water partition coefficient (Wildman–Crippen LogP) is 4.34. The molecule has 4 rings (SSSR count). The molecule has 140 valence electrons. The lowest BCUT2D eigenvalue weighted by Gasteiger charge is -2.21. The molecule has 0 radical (unpaired) electrons. The van der Waals surface area contributed by atoms with Gasteiger partial charge in [-0.25, -0.2) is 4.98 Å². The normalized spacial score (nSPS) is 19.3. The van der Waals surface area contributed by atoms with Gasteiger partial charge in [-0.3, -0.25) is 4.79 Å². The number of rotatable bonds is 5. The summed E-state index contributed by atoms with van der Waals surface area (Å²) in [6, 6.07) is 4.29. The number of nitrogens with one attached hydrogen (secondary N) is 2. The number of hydrogen-bond acceptors (Lipinski definition) is 5. The van der Waals surface area contributed by atoms with Crippen molar-refractivity contribution >= 4 is 40.0 Å². The third kappa shape index (κ3) is 4.18. The summed E-state index contributed by atoms with van der Waals surface area (Å²) in [4.78, 5) is 20.1. The van der Waals surface area contributed by atoms with E-state index in [2.05, 4.69) is 15.3 Å². The largest absolute Gasteiger partial charge is 0.382 e. The average Bonchev–Trinajstić information content (AvgIpc) is 3.13. The van der Waals surface area contributed by atoms with E-state index in [0.29, 0.717) is 38.8 Å². The summed E-state index contributed by atoms with van der Waals surface area (Å²) < 4.78 is 5.40. The van der Waals surface area contributed by atoms with Gasteiger partial charge in [-0.05, 0) is 37.8 Å². The maximum atomic E-state index is 12.5. The zero-order valence-corrected chi connectivity index (χ0v) is 16.3. The summed E-state index contributed by atoms with van der Waals surface area (Å²) >= 11 is 8.23. The van der Waals surface area contributed by atoms with Gasteiger partial charge in [-0.1, -0.05) is 24.4 Å². The zero-order chi connectivity index (χ0) is 17.9. The Kier molecular flexibility index (Phi) is 5.72. The van der Waals surface area contributed by atoms with E-state index >= 15 is 0 Å². The lowest BCUT2D eigenvalue weighted by Crippen LogP contribution is -2.18. The van der Waals surface area contributed by atoms with Gasteiger partial charge in [-0.2, -0.15) is 11.8 Å². The third-order valence-electron chi connectivity index (χ3n) is 5.16. The number of anilines is 1. The van der Waals surface area contributed by atoms with Gasteiger partial charge < -0.3 is 15.0 Å². The fraction of sp³-hybridized carbons (Fsp3) is 0.579. The number of ether oxygens (including phenoxy) is 1. The molecule has 0 atom stereocenters. The minimum Gasteiger partial charge on any atom is -0.382 e. The molecular weight excluding hydrogens is 370 g/mol. The van der Waals surface area contributed by atoms with Gasteiger partial charge >= 0.3 is 0 Å². The van der Waals surface area contributed by atoms with E-state index in [9.17, 15) is 4.79 Å². The summed E-state index contributed by atoms with van der Waals surface area (Å²) in [6.45, 7) is 1.65. The maximum absolute atomic E-state index is 12.5. The van der Waals surface area contributed by atoms with Crippen LogP contribution in [-0.2, 0) is 10.5 Å². The van der Waals surface area contributed by atoms with E-state index < -0.39 is 0 Å². The van der Waals surface area contributed by atoms with E-state index in [0.717, 1.165) is 31.7 Å². The van der Waals surface area contributed by atoms with Crippen LogP contribution in [0, 0.1) is 0 Å². The Morgan fingerprint density at radius 2 is 2.00 bits per heavy atom. The Morgan fingerprint density at radius 3 is 2.77 bits per heavy atom. The molecule has 1 aliphatic heterocycles. The topological polar surface area (TPSA) is 67.0 Å². The van der Waals surface area contributed by atoms with Crippen LogP contribution in [0.3, 0.4) is 0 Å². The van der Waals surface area contributed by atoms with Gasteiger partial charge in [0, 0.05) is 30.2 Å². The van der Waals surface area contributed by atoms with E-state index in [1.54, 1.807) is 0 Å². The van der Waals surface area contributed by atoms with Crippen LogP contribution < -0.4 is 10.9 Å². The van der Waals surface area contributed by atoms with Crippen molar-refractivity contribution < 1.29 is 4.74 Å². The van der Waals surface area contributed by atoms with Crippen LogP contribution in [-0.4, -0.2) is 34.5 Å². The molecule has 1 saturated heterocycles. The Hall–Kier alpha value is -1.24. The molecule has 2 aliphatic rings. The Balaban J connectivity index is 1.55. The van der Waals surface area contributed by atoms with Crippen molar-refractivity contribution in [3.63, 3.8) is 0 Å². The molecule has 1 aliphatic carbocycles. The van der Waals surface area contributed by atoms with Gasteiger partial charge in [0.05, 0.1) is 21.7 Å². The molecule has 0 bridgehead atoms. The first kappa shape index (κ1) is 18.1. The summed E-state index contributed by atoms with van der Waals surface area (Å²) in [5, 5.41) is 5.05. The van der Waals surface area contributed by atoms with Gasteiger partial charge in [-0.15, -0.1) is 0 Å². The summed E-state index contributed by atoms with van der Waals surface area (Å²) in [5.41, 5.74) is 1.47. The molecular formula is C19H24ClN3O2S. The monoisotopic (exact) mass is 393 g/mol. The number of nitrogens with zero attached hydrogens (tertiary/aromatic N) is 1. The molecule has 2 fully saturated rings. The van der Waals surface area contributed by atoms with Crippen LogP contribution >= 0.6 is 23.4 Å². The van der Waals surface area contributed by atoms with Gasteiger partial charge in [0.15, 0.2) is 0 Å². The highest BCUT2D eigenvalue weighted by atomic mass is 35.5. The molecule has 1 saturated carbocycles. The molecule has 2 heterocycles. The molecule has 0 spiro atoms. The molecule has 7 heteroatoms. The van der Waals surface area contributed by atoms with Crippen LogP contribution in [0.25, 0.3) is 10.9 Å². The first-order valence-corrected chi connectivity index (χ1v) is 10.8. The Bertz CT molecular complexity index is 829. The molecule has 26 heavy (non-hydrogen) atoms. The number of benzene rings is 1. The first-order valence-electron chi connectivity index (χ1n) is 9.37. The lowest BCUT2D eigenvalue weighted by atomic mass is 10.2. The Morgan fingerprint density at radius 1 is 1.23 bits per heavy atom. The lowest BCUT2D eigenvalue weighted by molar-refractivity contribution is 0.1000. The summed E-state index contributed by atoms with van der Waals surface area (Å²) in [7, 11) is 0. The fourth-order valence-corrected chi connectivity index (χ4v) is 5.13. The van der Waals surface area contributed by atoms with Gasteiger partial charge in [0.1, 0.15) is 5.82 Å². The number of halogens is 1. The van der Waals surface area contributed by atoms with E-state index in [4.69, 9.17) is 16.3 Å². The molecule has 1 aromatic carbocycles. The second-order valence-electron chi connectivity index (χ2n) is 7.11. The van der Waals surface area contributed by atoms with E-state index in [1.807, 2.05) is 23.9 Å². The first-order chi connectivity index (χ1) is 12.7. The number of hydrogen-bond donors (Lipinski definition) is 2. The molecule has 2 N–H and O–H groups in total. The van der Waals surface area contributed by atoms with Crippen molar-refractivity contribution in [2.45, 2.75) is 55.6 Å².